The zero-order valence-corrected chi connectivity index (χ0v) is 7.63. The van der Waals surface area contributed by atoms with Crippen LogP contribution in [0, 0.1) is 0 Å². The Hall–Kier alpha value is -1.49. The third kappa shape index (κ3) is 1.72. The van der Waals surface area contributed by atoms with Crippen molar-refractivity contribution >= 4 is 12.2 Å². The molecule has 0 saturated carbocycles. The average Bonchev–Trinajstić information content (AvgIpc) is 2.65. The van der Waals surface area contributed by atoms with E-state index in [-0.39, 0.29) is 6.10 Å². The van der Waals surface area contributed by atoms with Gasteiger partial charge in [0.05, 0.1) is 11.7 Å². The first-order chi connectivity index (χ1) is 6.79. The zero-order valence-electron chi connectivity index (χ0n) is 7.63. The van der Waals surface area contributed by atoms with E-state index in [4.69, 9.17) is 0 Å². The molecule has 14 heavy (non-hydrogen) atoms. The SMILES string of the molecule is O=Cc1cnc(N2CCC(O)C2)nc1. The average molecular weight is 193 g/mol. The van der Waals surface area contributed by atoms with E-state index < -0.39 is 0 Å². The van der Waals surface area contributed by atoms with Gasteiger partial charge in [-0.05, 0) is 6.42 Å². The predicted octanol–water partition coefficient (Wildman–Crippen LogP) is -0.140. The second kappa shape index (κ2) is 3.71. The highest BCUT2D eigenvalue weighted by Gasteiger charge is 2.21. The Balaban J connectivity index is 2.13. The number of β-amino-alcohol motifs (C(OH)–C–C–N with tert-alkyl or cyclic N) is 1. The van der Waals surface area contributed by atoms with Crippen LogP contribution in [-0.4, -0.2) is 40.6 Å². The van der Waals surface area contributed by atoms with E-state index in [2.05, 4.69) is 9.97 Å². The van der Waals surface area contributed by atoms with Crippen LogP contribution in [0.4, 0.5) is 5.95 Å². The molecule has 1 atom stereocenters. The topological polar surface area (TPSA) is 66.3 Å². The van der Waals surface area contributed by atoms with Gasteiger partial charge in [-0.3, -0.25) is 4.79 Å². The van der Waals surface area contributed by atoms with E-state index in [0.29, 0.717) is 24.3 Å². The number of hydrogen-bond acceptors (Lipinski definition) is 5. The van der Waals surface area contributed by atoms with Crippen molar-refractivity contribution in [1.29, 1.82) is 0 Å². The molecule has 1 saturated heterocycles. The summed E-state index contributed by atoms with van der Waals surface area (Å²) in [6.07, 6.45) is 4.14. The third-order valence-corrected chi connectivity index (χ3v) is 2.24. The van der Waals surface area contributed by atoms with Crippen LogP contribution in [0.25, 0.3) is 0 Å². The van der Waals surface area contributed by atoms with Gasteiger partial charge in [0.1, 0.15) is 0 Å². The van der Waals surface area contributed by atoms with Gasteiger partial charge in [-0.15, -0.1) is 0 Å². The lowest BCUT2D eigenvalue weighted by molar-refractivity contribution is 0.112. The summed E-state index contributed by atoms with van der Waals surface area (Å²) in [5.74, 6) is 0.576. The van der Waals surface area contributed by atoms with Crippen LogP contribution in [0.15, 0.2) is 12.4 Å². The van der Waals surface area contributed by atoms with Gasteiger partial charge >= 0.3 is 0 Å². The molecule has 1 aromatic heterocycles. The minimum Gasteiger partial charge on any atom is -0.391 e. The third-order valence-electron chi connectivity index (χ3n) is 2.24. The summed E-state index contributed by atoms with van der Waals surface area (Å²) >= 11 is 0. The summed E-state index contributed by atoms with van der Waals surface area (Å²) in [4.78, 5) is 20.3. The number of aliphatic hydroxyl groups excluding tert-OH is 1. The quantitative estimate of drug-likeness (QED) is 0.662. The molecule has 1 N–H and O–H groups in total. The lowest BCUT2D eigenvalue weighted by Crippen LogP contribution is -2.23. The van der Waals surface area contributed by atoms with E-state index in [0.717, 1.165) is 13.0 Å². The summed E-state index contributed by atoms with van der Waals surface area (Å²) < 4.78 is 0. The molecule has 0 aliphatic carbocycles. The van der Waals surface area contributed by atoms with Gasteiger partial charge in [-0.1, -0.05) is 0 Å². The van der Waals surface area contributed by atoms with E-state index >= 15 is 0 Å². The predicted molar refractivity (Wildman–Crippen MR) is 50.3 cm³/mol. The Morgan fingerprint density at radius 2 is 2.21 bits per heavy atom. The normalized spacial score (nSPS) is 21.2. The molecule has 0 radical (unpaired) electrons. The summed E-state index contributed by atoms with van der Waals surface area (Å²) in [6.45, 7) is 1.34. The minimum absolute atomic E-state index is 0.288. The Bertz CT molecular complexity index is 325. The van der Waals surface area contributed by atoms with E-state index in [1.165, 1.54) is 12.4 Å². The van der Waals surface area contributed by atoms with Crippen molar-refractivity contribution in [2.24, 2.45) is 0 Å². The van der Waals surface area contributed by atoms with Crippen molar-refractivity contribution in [2.75, 3.05) is 18.0 Å². The molecule has 5 heteroatoms. The molecule has 1 unspecified atom stereocenters. The van der Waals surface area contributed by atoms with Crippen molar-refractivity contribution in [3.63, 3.8) is 0 Å². The maximum Gasteiger partial charge on any atom is 0.225 e. The molecule has 0 amide bonds. The van der Waals surface area contributed by atoms with Gasteiger partial charge in [-0.25, -0.2) is 9.97 Å². The van der Waals surface area contributed by atoms with Crippen LogP contribution in [0.1, 0.15) is 16.8 Å². The maximum atomic E-state index is 10.4. The molecule has 1 fully saturated rings. The fourth-order valence-corrected chi connectivity index (χ4v) is 1.48. The Kier molecular flexibility index (Phi) is 2.41. The molecule has 74 valence electrons. The van der Waals surface area contributed by atoms with Gasteiger partial charge in [0, 0.05) is 25.5 Å². The molecule has 5 nitrogen and oxygen atoms in total. The number of carbonyl (C=O) groups is 1. The Morgan fingerprint density at radius 3 is 2.71 bits per heavy atom. The second-order valence-corrected chi connectivity index (χ2v) is 3.32. The monoisotopic (exact) mass is 193 g/mol. The highest BCUT2D eigenvalue weighted by molar-refractivity contribution is 5.73. The van der Waals surface area contributed by atoms with Gasteiger partial charge in [0.2, 0.25) is 5.95 Å². The molecule has 2 heterocycles. The lowest BCUT2D eigenvalue weighted by atomic mass is 10.3. The molecule has 1 aliphatic rings. The van der Waals surface area contributed by atoms with Crippen LogP contribution in [-0.2, 0) is 0 Å². The van der Waals surface area contributed by atoms with Crippen LogP contribution in [0.2, 0.25) is 0 Å². The summed E-state index contributed by atoms with van der Waals surface area (Å²) in [5.41, 5.74) is 0.466. The summed E-state index contributed by atoms with van der Waals surface area (Å²) in [6, 6.07) is 0. The standard InChI is InChI=1S/C9H11N3O2/c13-6-7-3-10-9(11-4-7)12-2-1-8(14)5-12/h3-4,6,8,14H,1-2,5H2. The van der Waals surface area contributed by atoms with Gasteiger partial charge in [0.25, 0.3) is 0 Å². The zero-order chi connectivity index (χ0) is 9.97. The minimum atomic E-state index is -0.288. The highest BCUT2D eigenvalue weighted by atomic mass is 16.3. The smallest absolute Gasteiger partial charge is 0.225 e. The molecular formula is C9H11N3O2. The van der Waals surface area contributed by atoms with Gasteiger partial charge in [0.15, 0.2) is 6.29 Å². The van der Waals surface area contributed by atoms with Crippen LogP contribution < -0.4 is 4.90 Å². The van der Waals surface area contributed by atoms with Crippen LogP contribution >= 0.6 is 0 Å². The number of rotatable bonds is 2. The van der Waals surface area contributed by atoms with Crippen molar-refractivity contribution in [2.45, 2.75) is 12.5 Å². The molecule has 0 bridgehead atoms. The van der Waals surface area contributed by atoms with Crippen LogP contribution in [0.3, 0.4) is 0 Å². The van der Waals surface area contributed by atoms with Crippen molar-refractivity contribution in [3.05, 3.63) is 18.0 Å². The van der Waals surface area contributed by atoms with Crippen molar-refractivity contribution in [3.8, 4) is 0 Å². The van der Waals surface area contributed by atoms with Gasteiger partial charge in [-0.2, -0.15) is 0 Å². The number of aliphatic hydroxyl groups is 1. The molecule has 2 rings (SSSR count). The number of anilines is 1. The number of aldehydes is 1. The molecule has 0 aromatic carbocycles. The first-order valence-electron chi connectivity index (χ1n) is 4.50. The van der Waals surface area contributed by atoms with E-state index in [9.17, 15) is 9.90 Å². The van der Waals surface area contributed by atoms with Gasteiger partial charge < -0.3 is 10.0 Å². The lowest BCUT2D eigenvalue weighted by Gasteiger charge is -2.14. The Morgan fingerprint density at radius 1 is 1.50 bits per heavy atom. The highest BCUT2D eigenvalue weighted by Crippen LogP contribution is 2.14. The summed E-state index contributed by atoms with van der Waals surface area (Å²) in [7, 11) is 0. The second-order valence-electron chi connectivity index (χ2n) is 3.32. The summed E-state index contributed by atoms with van der Waals surface area (Å²) in [5, 5.41) is 9.31. The molecule has 1 aliphatic heterocycles. The first-order valence-corrected chi connectivity index (χ1v) is 4.50. The molecule has 0 spiro atoms. The number of hydrogen-bond donors (Lipinski definition) is 1. The van der Waals surface area contributed by atoms with Crippen molar-refractivity contribution in [1.82, 2.24) is 9.97 Å². The first kappa shape index (κ1) is 9.08. The van der Waals surface area contributed by atoms with Crippen LogP contribution in [0.5, 0.6) is 0 Å². The molecular weight excluding hydrogens is 182 g/mol. The number of carbonyl (C=O) groups excluding carboxylic acids is 1. The fourth-order valence-electron chi connectivity index (χ4n) is 1.48. The van der Waals surface area contributed by atoms with E-state index in [1.54, 1.807) is 0 Å². The van der Waals surface area contributed by atoms with Crippen molar-refractivity contribution < 1.29 is 9.90 Å². The molecule has 1 aromatic rings. The fraction of sp³-hybridized carbons (Fsp3) is 0.444. The maximum absolute atomic E-state index is 10.4. The number of nitrogens with zero attached hydrogens (tertiary/aromatic N) is 3. The number of aromatic nitrogens is 2. The Labute approximate surface area is 81.4 Å². The largest absolute Gasteiger partial charge is 0.391 e. The van der Waals surface area contributed by atoms with E-state index in [1.807, 2.05) is 4.90 Å².